The van der Waals surface area contributed by atoms with Crippen molar-refractivity contribution >= 4 is 40.2 Å². The Labute approximate surface area is 263 Å². The van der Waals surface area contributed by atoms with Gasteiger partial charge in [-0.1, -0.05) is 29.8 Å². The number of ketones is 2. The van der Waals surface area contributed by atoms with Gasteiger partial charge in [0, 0.05) is 39.8 Å². The first kappa shape index (κ1) is 27.9. The molecule has 4 aliphatic rings. The summed E-state index contributed by atoms with van der Waals surface area (Å²) >= 11 is 0. The standard InChI is InChI=1S/C37H28N2O7/c1-18-15-28(41)33-26(34(18)42)17-25-22(31(33)23-12-11-21(40)16-30(23)45-2)13-14-24-32(25)37(44)39(36(24)43)20-9-7-19(8-10-20)35-38-27-5-3-4-6-29(27)46-35/h3-13,15-16,24-25,31-32,40H,14,17H2,1-2H3. The average Bonchev–Trinajstić information content (AvgIpc) is 3.61. The smallest absolute Gasteiger partial charge is 0.238 e. The summed E-state index contributed by atoms with van der Waals surface area (Å²) in [5.74, 6) is -2.78. The molecule has 2 amide bonds. The third kappa shape index (κ3) is 4.04. The molecule has 4 unspecified atom stereocenters. The molecular weight excluding hydrogens is 584 g/mol. The molecule has 4 aromatic rings. The lowest BCUT2D eigenvalue weighted by Crippen LogP contribution is -2.39. The minimum absolute atomic E-state index is 0.00373. The SMILES string of the molecule is COc1cc(O)ccc1C1C2=CCC3C(=O)N(c4ccc(-c5nc6ccccc6o5)cc4)C(=O)C3C2CC2=C1C(=O)C=C(C)C2=O. The number of phenols is 1. The van der Waals surface area contributed by atoms with Crippen LogP contribution in [-0.2, 0) is 19.2 Å². The van der Waals surface area contributed by atoms with E-state index in [1.165, 1.54) is 30.2 Å². The zero-order chi connectivity index (χ0) is 31.9. The molecule has 1 saturated heterocycles. The van der Waals surface area contributed by atoms with Gasteiger partial charge in [-0.2, -0.15) is 0 Å². The summed E-state index contributed by atoms with van der Waals surface area (Å²) < 4.78 is 11.5. The van der Waals surface area contributed by atoms with E-state index in [0.717, 1.165) is 11.1 Å². The van der Waals surface area contributed by atoms with E-state index in [2.05, 4.69) is 4.98 Å². The molecule has 1 aromatic heterocycles. The number of allylic oxidation sites excluding steroid dienone is 6. The van der Waals surface area contributed by atoms with Crippen molar-refractivity contribution in [1.82, 2.24) is 4.98 Å². The molecule has 9 heteroatoms. The van der Waals surface area contributed by atoms with Crippen molar-refractivity contribution < 1.29 is 33.4 Å². The number of imide groups is 1. The molecule has 0 saturated carbocycles. The number of carbonyl (C=O) groups excluding carboxylic acids is 4. The van der Waals surface area contributed by atoms with Crippen molar-refractivity contribution in [2.75, 3.05) is 12.0 Å². The number of benzene rings is 3. The van der Waals surface area contributed by atoms with Crippen LogP contribution in [0, 0.1) is 17.8 Å². The summed E-state index contributed by atoms with van der Waals surface area (Å²) in [7, 11) is 1.48. The number of oxazole rings is 1. The second-order valence-corrected chi connectivity index (χ2v) is 12.2. The Morgan fingerprint density at radius 3 is 2.50 bits per heavy atom. The molecule has 0 spiro atoms. The number of aromatic hydroxyl groups is 1. The summed E-state index contributed by atoms with van der Waals surface area (Å²) in [4.78, 5) is 61.0. The van der Waals surface area contributed by atoms with Crippen LogP contribution < -0.4 is 9.64 Å². The number of ether oxygens (including phenoxy) is 1. The Morgan fingerprint density at radius 2 is 1.74 bits per heavy atom. The zero-order valence-electron chi connectivity index (χ0n) is 25.0. The number of anilines is 1. The lowest BCUT2D eigenvalue weighted by Gasteiger charge is -2.42. The van der Waals surface area contributed by atoms with E-state index < -0.39 is 23.7 Å². The van der Waals surface area contributed by atoms with Crippen molar-refractivity contribution in [2.45, 2.75) is 25.7 Å². The number of hydrogen-bond acceptors (Lipinski definition) is 8. The van der Waals surface area contributed by atoms with Crippen LogP contribution in [0.2, 0.25) is 0 Å². The molecule has 3 aromatic carbocycles. The fourth-order valence-electron chi connectivity index (χ4n) is 7.68. The number of para-hydroxylation sites is 2. The van der Waals surface area contributed by atoms with E-state index in [1.54, 1.807) is 37.3 Å². The van der Waals surface area contributed by atoms with E-state index >= 15 is 0 Å². The van der Waals surface area contributed by atoms with Gasteiger partial charge in [0.25, 0.3) is 0 Å². The molecular formula is C37H28N2O7. The van der Waals surface area contributed by atoms with Crippen LogP contribution in [0.15, 0.2) is 106 Å². The predicted molar refractivity (Wildman–Crippen MR) is 168 cm³/mol. The highest BCUT2D eigenvalue weighted by atomic mass is 16.5. The van der Waals surface area contributed by atoms with Crippen LogP contribution in [0.5, 0.6) is 11.5 Å². The number of Topliss-reactive ketones (excluding diaryl/α,β-unsaturated/α-hetero) is 1. The highest BCUT2D eigenvalue weighted by Gasteiger charge is 2.56. The van der Waals surface area contributed by atoms with E-state index in [0.29, 0.717) is 57.2 Å². The van der Waals surface area contributed by atoms with Crippen molar-refractivity contribution in [3.8, 4) is 23.0 Å². The number of hydrogen-bond donors (Lipinski definition) is 1. The van der Waals surface area contributed by atoms with Crippen LogP contribution >= 0.6 is 0 Å². The van der Waals surface area contributed by atoms with Crippen molar-refractivity contribution in [3.05, 3.63) is 107 Å². The summed E-state index contributed by atoms with van der Waals surface area (Å²) in [5.41, 5.74) is 5.05. The highest BCUT2D eigenvalue weighted by Crippen LogP contribution is 2.56. The highest BCUT2D eigenvalue weighted by molar-refractivity contribution is 6.25. The Morgan fingerprint density at radius 1 is 0.957 bits per heavy atom. The molecule has 228 valence electrons. The monoisotopic (exact) mass is 612 g/mol. The number of carbonyl (C=O) groups is 4. The lowest BCUT2D eigenvalue weighted by atomic mass is 9.59. The van der Waals surface area contributed by atoms with E-state index in [1.807, 2.05) is 30.3 Å². The van der Waals surface area contributed by atoms with Gasteiger partial charge in [-0.15, -0.1) is 0 Å². The van der Waals surface area contributed by atoms with E-state index in [4.69, 9.17) is 9.15 Å². The van der Waals surface area contributed by atoms with Gasteiger partial charge in [-0.05, 0) is 74.2 Å². The van der Waals surface area contributed by atoms with E-state index in [9.17, 15) is 24.3 Å². The van der Waals surface area contributed by atoms with Gasteiger partial charge in [0.05, 0.1) is 24.6 Å². The maximum absolute atomic E-state index is 14.3. The topological polar surface area (TPSA) is 127 Å². The quantitative estimate of drug-likeness (QED) is 0.173. The van der Waals surface area contributed by atoms with Crippen LogP contribution in [0.25, 0.3) is 22.6 Å². The zero-order valence-corrected chi connectivity index (χ0v) is 25.0. The molecule has 0 radical (unpaired) electrons. The van der Waals surface area contributed by atoms with Gasteiger partial charge < -0.3 is 14.3 Å². The molecule has 8 rings (SSSR count). The molecule has 4 atom stereocenters. The molecule has 1 fully saturated rings. The molecule has 0 bridgehead atoms. The largest absolute Gasteiger partial charge is 0.508 e. The maximum Gasteiger partial charge on any atom is 0.238 e. The number of phenolic OH excluding ortho intramolecular Hbond substituents is 1. The number of nitrogens with zero attached hydrogens (tertiary/aromatic N) is 2. The fourth-order valence-corrected chi connectivity index (χ4v) is 7.68. The van der Waals surface area contributed by atoms with Crippen LogP contribution in [0.1, 0.15) is 31.2 Å². The molecule has 3 aliphatic carbocycles. The van der Waals surface area contributed by atoms with Gasteiger partial charge in [0.2, 0.25) is 17.7 Å². The summed E-state index contributed by atoms with van der Waals surface area (Å²) in [5, 5.41) is 10.2. The van der Waals surface area contributed by atoms with Gasteiger partial charge in [0.15, 0.2) is 17.1 Å². The lowest BCUT2D eigenvalue weighted by molar-refractivity contribution is -0.123. The Hall–Kier alpha value is -5.57. The minimum atomic E-state index is -0.710. The van der Waals surface area contributed by atoms with Gasteiger partial charge in [-0.25, -0.2) is 4.98 Å². The number of methoxy groups -OCH3 is 1. The third-order valence-electron chi connectivity index (χ3n) is 9.76. The van der Waals surface area contributed by atoms with Gasteiger partial charge in [-0.3, -0.25) is 24.1 Å². The average molecular weight is 613 g/mol. The Balaban J connectivity index is 1.17. The van der Waals surface area contributed by atoms with E-state index in [-0.39, 0.29) is 35.6 Å². The third-order valence-corrected chi connectivity index (χ3v) is 9.76. The number of rotatable bonds is 4. The maximum atomic E-state index is 14.3. The molecule has 1 N–H and O–H groups in total. The first-order chi connectivity index (χ1) is 22.2. The van der Waals surface area contributed by atoms with Gasteiger partial charge in [0.1, 0.15) is 17.0 Å². The normalized spacial score (nSPS) is 24.1. The van der Waals surface area contributed by atoms with Crippen molar-refractivity contribution in [3.63, 3.8) is 0 Å². The first-order valence-corrected chi connectivity index (χ1v) is 15.2. The summed E-state index contributed by atoms with van der Waals surface area (Å²) in [6.07, 6.45) is 3.82. The number of amides is 2. The summed E-state index contributed by atoms with van der Waals surface area (Å²) in [6.45, 7) is 1.62. The van der Waals surface area contributed by atoms with Crippen LogP contribution in [-0.4, -0.2) is 40.6 Å². The molecule has 46 heavy (non-hydrogen) atoms. The molecule has 2 heterocycles. The Bertz CT molecular complexity index is 2080. The predicted octanol–water partition coefficient (Wildman–Crippen LogP) is 5.84. The van der Waals surface area contributed by atoms with Crippen molar-refractivity contribution in [1.29, 1.82) is 0 Å². The second kappa shape index (κ2) is 10.2. The van der Waals surface area contributed by atoms with Gasteiger partial charge >= 0.3 is 0 Å². The first-order valence-electron chi connectivity index (χ1n) is 15.2. The van der Waals surface area contributed by atoms with Crippen LogP contribution in [0.3, 0.4) is 0 Å². The second-order valence-electron chi connectivity index (χ2n) is 12.2. The molecule has 9 nitrogen and oxygen atoms in total. The van der Waals surface area contributed by atoms with Crippen LogP contribution in [0.4, 0.5) is 5.69 Å². The number of fused-ring (bicyclic) bond motifs is 4. The Kier molecular flexibility index (Phi) is 6.22. The summed E-state index contributed by atoms with van der Waals surface area (Å²) in [6, 6.07) is 19.1. The fraction of sp³-hybridized carbons (Fsp3) is 0.216. The number of aromatic nitrogens is 1. The molecule has 1 aliphatic heterocycles. The minimum Gasteiger partial charge on any atom is -0.508 e. The van der Waals surface area contributed by atoms with Crippen molar-refractivity contribution in [2.24, 2.45) is 17.8 Å².